The summed E-state index contributed by atoms with van der Waals surface area (Å²) in [7, 11) is 2.10. The molecule has 0 radical (unpaired) electrons. The van der Waals surface area contributed by atoms with Crippen LogP contribution in [0.4, 0.5) is 0 Å². The Morgan fingerprint density at radius 2 is 2.00 bits per heavy atom. The number of carbonyl (C=O) groups is 1. The van der Waals surface area contributed by atoms with Crippen molar-refractivity contribution in [3.05, 3.63) is 0 Å². The molecule has 4 nitrogen and oxygen atoms in total. The Morgan fingerprint density at radius 1 is 1.31 bits per heavy atom. The molecular weight excluding hydrogens is 204 g/mol. The summed E-state index contributed by atoms with van der Waals surface area (Å²) in [5, 5.41) is 8.98. The van der Waals surface area contributed by atoms with Gasteiger partial charge in [-0.15, -0.1) is 0 Å². The van der Waals surface area contributed by atoms with Crippen molar-refractivity contribution >= 4 is 5.97 Å². The topological polar surface area (TPSA) is 43.8 Å². The van der Waals surface area contributed by atoms with Gasteiger partial charge < -0.3 is 10.0 Å². The van der Waals surface area contributed by atoms with Crippen molar-refractivity contribution in [2.45, 2.75) is 38.3 Å². The fraction of sp³-hybridized carbons (Fsp3) is 0.917. The zero-order chi connectivity index (χ0) is 11.7. The number of carboxylic acids is 1. The average Bonchev–Trinajstić information content (AvgIpc) is 2.93. The van der Waals surface area contributed by atoms with Gasteiger partial charge in [-0.25, -0.2) is 0 Å². The van der Waals surface area contributed by atoms with Gasteiger partial charge in [-0.05, 0) is 25.8 Å². The molecule has 0 bridgehead atoms. The largest absolute Gasteiger partial charge is 0.481 e. The first-order chi connectivity index (χ1) is 7.56. The predicted molar refractivity (Wildman–Crippen MR) is 62.4 cm³/mol. The van der Waals surface area contributed by atoms with E-state index in [1.54, 1.807) is 0 Å². The molecule has 0 amide bonds. The van der Waals surface area contributed by atoms with Crippen molar-refractivity contribution in [1.29, 1.82) is 0 Å². The van der Waals surface area contributed by atoms with E-state index in [0.29, 0.717) is 12.0 Å². The van der Waals surface area contributed by atoms with Crippen LogP contribution in [0, 0.1) is 5.92 Å². The highest BCUT2D eigenvalue weighted by molar-refractivity contribution is 5.67. The van der Waals surface area contributed by atoms with Crippen molar-refractivity contribution in [3.63, 3.8) is 0 Å². The van der Waals surface area contributed by atoms with Gasteiger partial charge in [0.1, 0.15) is 0 Å². The van der Waals surface area contributed by atoms with Gasteiger partial charge in [0, 0.05) is 31.7 Å². The second-order valence-electron chi connectivity index (χ2n) is 5.51. The first-order valence-electron chi connectivity index (χ1n) is 6.22. The molecule has 4 heteroatoms. The molecule has 1 saturated carbocycles. The summed E-state index contributed by atoms with van der Waals surface area (Å²) >= 11 is 0. The van der Waals surface area contributed by atoms with Gasteiger partial charge in [-0.1, -0.05) is 6.92 Å². The molecule has 1 saturated heterocycles. The van der Waals surface area contributed by atoms with Crippen LogP contribution in [0.25, 0.3) is 0 Å². The van der Waals surface area contributed by atoms with E-state index >= 15 is 0 Å². The van der Waals surface area contributed by atoms with Crippen LogP contribution < -0.4 is 0 Å². The van der Waals surface area contributed by atoms with Crippen LogP contribution in [0.15, 0.2) is 0 Å². The summed E-state index contributed by atoms with van der Waals surface area (Å²) in [6.07, 6.45) is 2.80. The molecule has 0 aromatic heterocycles. The van der Waals surface area contributed by atoms with Gasteiger partial charge in [0.25, 0.3) is 0 Å². The van der Waals surface area contributed by atoms with E-state index in [0.717, 1.165) is 19.6 Å². The van der Waals surface area contributed by atoms with Gasteiger partial charge >= 0.3 is 5.97 Å². The molecule has 1 aliphatic carbocycles. The van der Waals surface area contributed by atoms with Crippen LogP contribution in [0.5, 0.6) is 0 Å². The van der Waals surface area contributed by atoms with Crippen LogP contribution in [-0.4, -0.2) is 59.6 Å². The molecule has 0 aromatic rings. The van der Waals surface area contributed by atoms with E-state index < -0.39 is 5.97 Å². The molecule has 2 atom stereocenters. The number of aliphatic carboxylic acids is 1. The highest BCUT2D eigenvalue weighted by Crippen LogP contribution is 2.31. The smallest absolute Gasteiger partial charge is 0.304 e. The lowest BCUT2D eigenvalue weighted by molar-refractivity contribution is -0.138. The first-order valence-corrected chi connectivity index (χ1v) is 6.22. The molecule has 2 rings (SSSR count). The second-order valence-corrected chi connectivity index (χ2v) is 5.51. The van der Waals surface area contributed by atoms with Gasteiger partial charge in [0.2, 0.25) is 0 Å². The molecule has 1 aliphatic heterocycles. The highest BCUT2D eigenvalue weighted by atomic mass is 16.4. The second kappa shape index (κ2) is 4.72. The number of nitrogens with zero attached hydrogens (tertiary/aromatic N) is 2. The van der Waals surface area contributed by atoms with E-state index in [2.05, 4.69) is 23.8 Å². The molecule has 2 fully saturated rings. The van der Waals surface area contributed by atoms with Crippen LogP contribution in [0.3, 0.4) is 0 Å². The van der Waals surface area contributed by atoms with E-state index in [4.69, 9.17) is 5.11 Å². The van der Waals surface area contributed by atoms with E-state index in [1.165, 1.54) is 12.8 Å². The summed E-state index contributed by atoms with van der Waals surface area (Å²) in [6.45, 7) is 5.30. The van der Waals surface area contributed by atoms with Crippen molar-refractivity contribution < 1.29 is 9.90 Å². The molecule has 16 heavy (non-hydrogen) atoms. The summed E-state index contributed by atoms with van der Waals surface area (Å²) in [4.78, 5) is 15.6. The third-order valence-electron chi connectivity index (χ3n) is 3.56. The van der Waals surface area contributed by atoms with E-state index in [9.17, 15) is 4.79 Å². The monoisotopic (exact) mass is 226 g/mol. The van der Waals surface area contributed by atoms with E-state index in [1.807, 2.05) is 0 Å². The minimum atomic E-state index is -0.668. The van der Waals surface area contributed by atoms with Crippen molar-refractivity contribution in [3.8, 4) is 0 Å². The lowest BCUT2D eigenvalue weighted by Crippen LogP contribution is -2.43. The SMILES string of the molecule is CC1CN(C)CC(CC(=O)O)N(C2CC2)C1. The highest BCUT2D eigenvalue weighted by Gasteiger charge is 2.37. The maximum Gasteiger partial charge on any atom is 0.304 e. The minimum Gasteiger partial charge on any atom is -0.481 e. The van der Waals surface area contributed by atoms with Gasteiger partial charge in [0.05, 0.1) is 6.42 Å². The molecule has 2 unspecified atom stereocenters. The summed E-state index contributed by atoms with van der Waals surface area (Å²) < 4.78 is 0. The van der Waals surface area contributed by atoms with Crippen molar-refractivity contribution in [1.82, 2.24) is 9.80 Å². The normalized spacial score (nSPS) is 33.6. The number of rotatable bonds is 3. The summed E-state index contributed by atoms with van der Waals surface area (Å²) in [5.74, 6) is -0.0250. The first kappa shape index (κ1) is 11.9. The van der Waals surface area contributed by atoms with Gasteiger partial charge in [-0.2, -0.15) is 0 Å². The molecule has 1 heterocycles. The fourth-order valence-corrected chi connectivity index (χ4v) is 2.87. The van der Waals surface area contributed by atoms with Crippen LogP contribution in [-0.2, 0) is 4.79 Å². The molecule has 0 aromatic carbocycles. The van der Waals surface area contributed by atoms with Gasteiger partial charge in [-0.3, -0.25) is 9.69 Å². The Morgan fingerprint density at radius 3 is 2.56 bits per heavy atom. The standard InChI is InChI=1S/C12H22N2O2/c1-9-6-13(2)8-11(5-12(15)16)14(7-9)10-3-4-10/h9-11H,3-8H2,1-2H3,(H,15,16). The quantitative estimate of drug-likeness (QED) is 0.775. The summed E-state index contributed by atoms with van der Waals surface area (Å²) in [6, 6.07) is 0.873. The molecule has 92 valence electrons. The van der Waals surface area contributed by atoms with E-state index in [-0.39, 0.29) is 12.5 Å². The fourth-order valence-electron chi connectivity index (χ4n) is 2.87. The number of hydrogen-bond acceptors (Lipinski definition) is 3. The Labute approximate surface area is 97.2 Å². The maximum atomic E-state index is 10.9. The Balaban J connectivity index is 2.05. The Hall–Kier alpha value is -0.610. The maximum absolute atomic E-state index is 10.9. The van der Waals surface area contributed by atoms with Crippen molar-refractivity contribution in [2.75, 3.05) is 26.7 Å². The predicted octanol–water partition coefficient (Wildman–Crippen LogP) is 0.876. The average molecular weight is 226 g/mol. The van der Waals surface area contributed by atoms with Crippen LogP contribution >= 0.6 is 0 Å². The number of carboxylic acid groups (broad SMARTS) is 1. The minimum absolute atomic E-state index is 0.208. The van der Waals surface area contributed by atoms with Crippen LogP contribution in [0.1, 0.15) is 26.2 Å². The molecule has 2 aliphatic rings. The lowest BCUT2D eigenvalue weighted by Gasteiger charge is -2.30. The number of hydrogen-bond donors (Lipinski definition) is 1. The van der Waals surface area contributed by atoms with Gasteiger partial charge in [0.15, 0.2) is 0 Å². The zero-order valence-electron chi connectivity index (χ0n) is 10.2. The summed E-state index contributed by atoms with van der Waals surface area (Å²) in [5.41, 5.74) is 0. The molecular formula is C12H22N2O2. The number of likely N-dealkylation sites (N-methyl/N-ethyl adjacent to an activating group) is 1. The molecule has 0 spiro atoms. The molecule has 1 N–H and O–H groups in total. The third kappa shape index (κ3) is 2.95. The Kier molecular flexibility index (Phi) is 3.50. The third-order valence-corrected chi connectivity index (χ3v) is 3.56. The lowest BCUT2D eigenvalue weighted by atomic mass is 10.1. The zero-order valence-corrected chi connectivity index (χ0v) is 10.2. The van der Waals surface area contributed by atoms with Crippen molar-refractivity contribution in [2.24, 2.45) is 5.92 Å². The van der Waals surface area contributed by atoms with Crippen LogP contribution in [0.2, 0.25) is 0 Å². The Bertz CT molecular complexity index is 266.